The summed E-state index contributed by atoms with van der Waals surface area (Å²) in [5, 5.41) is 28.6. The second-order valence-corrected chi connectivity index (χ2v) is 3.40. The number of hydrogen-bond donors (Lipinski definition) is 4. The zero-order valence-electron chi connectivity index (χ0n) is 9.61. The molecule has 100 valence electrons. The van der Waals surface area contributed by atoms with Crippen LogP contribution in [0, 0.1) is 10.1 Å². The lowest BCUT2D eigenvalue weighted by Crippen LogP contribution is -2.30. The Balaban J connectivity index is 3.11. The molecule has 5 N–H and O–H groups in total. The van der Waals surface area contributed by atoms with Gasteiger partial charge in [0.05, 0.1) is 30.3 Å². The molecule has 0 saturated heterocycles. The fourth-order valence-electron chi connectivity index (χ4n) is 1.43. The third kappa shape index (κ3) is 3.52. The molecule has 0 bridgehead atoms. The average molecular weight is 257 g/mol. The van der Waals surface area contributed by atoms with E-state index in [9.17, 15) is 10.1 Å². The number of aromatic nitrogens is 1. The van der Waals surface area contributed by atoms with E-state index < -0.39 is 4.92 Å². The zero-order valence-corrected chi connectivity index (χ0v) is 9.61. The van der Waals surface area contributed by atoms with Crippen molar-refractivity contribution in [2.24, 2.45) is 5.84 Å². The minimum atomic E-state index is -0.567. The first-order valence-electron chi connectivity index (χ1n) is 5.22. The van der Waals surface area contributed by atoms with E-state index >= 15 is 0 Å². The second kappa shape index (κ2) is 6.69. The van der Waals surface area contributed by atoms with Crippen LogP contribution in [0.5, 0.6) is 0 Å². The number of anilines is 2. The normalized spacial score (nSPS) is 10.2. The third-order valence-corrected chi connectivity index (χ3v) is 2.22. The fourth-order valence-corrected chi connectivity index (χ4v) is 1.43. The topological polar surface area (TPSA) is 138 Å². The molecule has 9 heteroatoms. The first-order valence-corrected chi connectivity index (χ1v) is 5.22. The van der Waals surface area contributed by atoms with Crippen molar-refractivity contribution in [3.8, 4) is 0 Å². The van der Waals surface area contributed by atoms with Gasteiger partial charge in [0.15, 0.2) is 0 Å². The van der Waals surface area contributed by atoms with Gasteiger partial charge in [0.1, 0.15) is 11.6 Å². The average Bonchev–Trinajstić information content (AvgIpc) is 2.37. The van der Waals surface area contributed by atoms with Crippen molar-refractivity contribution in [2.75, 3.05) is 36.6 Å². The number of rotatable bonds is 7. The molecule has 0 saturated carbocycles. The SMILES string of the molecule is NNc1cc([N+](=O)[O-])cc(N(CCO)CCO)n1. The minimum absolute atomic E-state index is 0.139. The van der Waals surface area contributed by atoms with E-state index in [2.05, 4.69) is 10.4 Å². The lowest BCUT2D eigenvalue weighted by molar-refractivity contribution is -0.384. The maximum Gasteiger partial charge on any atom is 0.276 e. The molecule has 0 fully saturated rings. The van der Waals surface area contributed by atoms with E-state index in [1.165, 1.54) is 17.0 Å². The van der Waals surface area contributed by atoms with Crippen molar-refractivity contribution in [1.29, 1.82) is 0 Å². The van der Waals surface area contributed by atoms with E-state index in [1.54, 1.807) is 0 Å². The number of aliphatic hydroxyl groups is 2. The summed E-state index contributed by atoms with van der Waals surface area (Å²) in [4.78, 5) is 15.7. The van der Waals surface area contributed by atoms with E-state index in [-0.39, 0.29) is 43.6 Å². The van der Waals surface area contributed by atoms with Gasteiger partial charge < -0.3 is 20.5 Å². The number of pyridine rings is 1. The van der Waals surface area contributed by atoms with Crippen LogP contribution in [0.3, 0.4) is 0 Å². The minimum Gasteiger partial charge on any atom is -0.395 e. The van der Waals surface area contributed by atoms with Crippen LogP contribution in [0.2, 0.25) is 0 Å². The van der Waals surface area contributed by atoms with E-state index in [4.69, 9.17) is 16.1 Å². The molecule has 0 amide bonds. The Kier molecular flexibility index (Phi) is 5.24. The Morgan fingerprint density at radius 3 is 2.44 bits per heavy atom. The molecule has 18 heavy (non-hydrogen) atoms. The van der Waals surface area contributed by atoms with Crippen molar-refractivity contribution in [3.63, 3.8) is 0 Å². The summed E-state index contributed by atoms with van der Waals surface area (Å²) in [6.45, 7) is 0.100. The number of nitrogen functional groups attached to an aromatic ring is 1. The summed E-state index contributed by atoms with van der Waals surface area (Å²) in [7, 11) is 0. The quantitative estimate of drug-likeness (QED) is 0.279. The van der Waals surface area contributed by atoms with E-state index in [0.29, 0.717) is 0 Å². The first kappa shape index (κ1) is 14.1. The molecule has 0 radical (unpaired) electrons. The van der Waals surface area contributed by atoms with Gasteiger partial charge in [-0.05, 0) is 0 Å². The van der Waals surface area contributed by atoms with Crippen molar-refractivity contribution < 1.29 is 15.1 Å². The van der Waals surface area contributed by atoms with Crippen LogP contribution in [0.1, 0.15) is 0 Å². The van der Waals surface area contributed by atoms with E-state index in [0.717, 1.165) is 0 Å². The molecule has 1 heterocycles. The van der Waals surface area contributed by atoms with Gasteiger partial charge in [0.25, 0.3) is 5.69 Å². The van der Waals surface area contributed by atoms with Crippen LogP contribution < -0.4 is 16.2 Å². The summed E-state index contributed by atoms with van der Waals surface area (Å²) < 4.78 is 0. The van der Waals surface area contributed by atoms with Crippen LogP contribution in [-0.4, -0.2) is 46.4 Å². The van der Waals surface area contributed by atoms with Gasteiger partial charge in [-0.3, -0.25) is 10.1 Å². The van der Waals surface area contributed by atoms with Gasteiger partial charge in [-0.2, -0.15) is 0 Å². The van der Waals surface area contributed by atoms with Gasteiger partial charge >= 0.3 is 0 Å². The third-order valence-electron chi connectivity index (χ3n) is 2.22. The maximum absolute atomic E-state index is 10.8. The highest BCUT2D eigenvalue weighted by molar-refractivity contribution is 5.55. The number of nitrogens with zero attached hydrogens (tertiary/aromatic N) is 3. The molecule has 1 aromatic heterocycles. The number of nitro groups is 1. The van der Waals surface area contributed by atoms with Crippen molar-refractivity contribution in [1.82, 2.24) is 4.98 Å². The summed E-state index contributed by atoms with van der Waals surface area (Å²) in [5.74, 6) is 5.59. The van der Waals surface area contributed by atoms with Crippen molar-refractivity contribution in [2.45, 2.75) is 0 Å². The van der Waals surface area contributed by atoms with Crippen LogP contribution in [0.25, 0.3) is 0 Å². The van der Waals surface area contributed by atoms with Gasteiger partial charge in [-0.25, -0.2) is 10.8 Å². The molecular formula is C9H15N5O4. The molecule has 1 aromatic rings. The smallest absolute Gasteiger partial charge is 0.276 e. The molecule has 9 nitrogen and oxygen atoms in total. The number of nitrogens with one attached hydrogen (secondary N) is 1. The molecule has 0 aliphatic carbocycles. The Labute approximate surface area is 103 Å². The molecule has 1 rings (SSSR count). The summed E-state index contributed by atoms with van der Waals surface area (Å²) in [6, 6.07) is 2.45. The Morgan fingerprint density at radius 1 is 1.39 bits per heavy atom. The van der Waals surface area contributed by atoms with E-state index in [1.807, 2.05) is 0 Å². The number of hydrogen-bond acceptors (Lipinski definition) is 8. The van der Waals surface area contributed by atoms with Gasteiger partial charge in [-0.1, -0.05) is 0 Å². The monoisotopic (exact) mass is 257 g/mol. The highest BCUT2D eigenvalue weighted by atomic mass is 16.6. The molecule has 0 aromatic carbocycles. The number of aliphatic hydroxyl groups excluding tert-OH is 2. The van der Waals surface area contributed by atoms with Crippen molar-refractivity contribution >= 4 is 17.3 Å². The Hall–Kier alpha value is -1.97. The Bertz CT molecular complexity index is 408. The highest BCUT2D eigenvalue weighted by Crippen LogP contribution is 2.22. The lowest BCUT2D eigenvalue weighted by atomic mass is 10.3. The van der Waals surface area contributed by atoms with Gasteiger partial charge in [0.2, 0.25) is 0 Å². The molecule has 0 unspecified atom stereocenters. The van der Waals surface area contributed by atoms with Crippen LogP contribution >= 0.6 is 0 Å². The first-order chi connectivity index (χ1) is 8.62. The standard InChI is InChI=1S/C9H15N5O4/c10-12-8-5-7(14(17)18)6-9(11-8)13(1-3-15)2-4-16/h5-6,15-16H,1-4,10H2,(H,11,12). The number of hydrazine groups is 1. The van der Waals surface area contributed by atoms with Crippen molar-refractivity contribution in [3.05, 3.63) is 22.2 Å². The van der Waals surface area contributed by atoms with Gasteiger partial charge in [-0.15, -0.1) is 0 Å². The molecular weight excluding hydrogens is 242 g/mol. The largest absolute Gasteiger partial charge is 0.395 e. The lowest BCUT2D eigenvalue weighted by Gasteiger charge is -2.21. The molecule has 0 atom stereocenters. The van der Waals surface area contributed by atoms with Crippen LogP contribution in [0.4, 0.5) is 17.3 Å². The van der Waals surface area contributed by atoms with Gasteiger partial charge in [0, 0.05) is 13.1 Å². The second-order valence-electron chi connectivity index (χ2n) is 3.40. The summed E-state index contributed by atoms with van der Waals surface area (Å²) >= 11 is 0. The Morgan fingerprint density at radius 2 is 2.00 bits per heavy atom. The summed E-state index contributed by atoms with van der Waals surface area (Å²) in [5.41, 5.74) is 2.06. The molecule has 0 aliphatic heterocycles. The summed E-state index contributed by atoms with van der Waals surface area (Å²) in [6.07, 6.45) is 0. The highest BCUT2D eigenvalue weighted by Gasteiger charge is 2.15. The zero-order chi connectivity index (χ0) is 13.5. The molecule has 0 aliphatic rings. The van der Waals surface area contributed by atoms with Crippen LogP contribution in [-0.2, 0) is 0 Å². The predicted octanol–water partition coefficient (Wildman–Crippen LogP) is -0.934. The number of nitrogens with two attached hydrogens (primary N) is 1. The van der Waals surface area contributed by atoms with Crippen LogP contribution in [0.15, 0.2) is 12.1 Å². The molecule has 0 spiro atoms. The predicted molar refractivity (Wildman–Crippen MR) is 65.1 cm³/mol. The fraction of sp³-hybridized carbons (Fsp3) is 0.444. The maximum atomic E-state index is 10.8.